The van der Waals surface area contributed by atoms with Gasteiger partial charge in [-0.3, -0.25) is 0 Å². The van der Waals surface area contributed by atoms with E-state index < -0.39 is 5.97 Å². The van der Waals surface area contributed by atoms with Crippen LogP contribution in [0.25, 0.3) is 0 Å². The van der Waals surface area contributed by atoms with Crippen LogP contribution in [0.1, 0.15) is 21.5 Å². The summed E-state index contributed by atoms with van der Waals surface area (Å²) in [5, 5.41) is 0.547. The molecule has 2 aromatic carbocycles. The van der Waals surface area contributed by atoms with Crippen molar-refractivity contribution in [3.8, 4) is 5.75 Å². The Bertz CT molecular complexity index is 661. The molecular weight excluding hydrogens is 319 g/mol. The van der Waals surface area contributed by atoms with Crippen molar-refractivity contribution in [2.45, 2.75) is 13.8 Å². The lowest BCUT2D eigenvalue weighted by atomic mass is 10.1. The van der Waals surface area contributed by atoms with Gasteiger partial charge in [0.15, 0.2) is 0 Å². The molecule has 0 heterocycles. The maximum absolute atomic E-state index is 12.2. The molecule has 0 spiro atoms. The van der Waals surface area contributed by atoms with E-state index in [9.17, 15) is 4.79 Å². The molecule has 0 unspecified atom stereocenters. The van der Waals surface area contributed by atoms with Gasteiger partial charge in [0.2, 0.25) is 0 Å². The third-order valence-corrected chi connectivity index (χ3v) is 3.77. The van der Waals surface area contributed by atoms with Crippen molar-refractivity contribution in [3.05, 3.63) is 62.1 Å². The molecule has 0 aromatic heterocycles. The van der Waals surface area contributed by atoms with Gasteiger partial charge in [0.1, 0.15) is 5.75 Å². The number of hydrogen-bond acceptors (Lipinski definition) is 2. The summed E-state index contributed by atoms with van der Waals surface area (Å²) in [6.45, 7) is 3.84. The van der Waals surface area contributed by atoms with Crippen molar-refractivity contribution in [1.29, 1.82) is 0 Å². The molecule has 2 aromatic rings. The summed E-state index contributed by atoms with van der Waals surface area (Å²) >= 11 is 17.9. The van der Waals surface area contributed by atoms with E-state index in [1.807, 2.05) is 19.9 Å². The van der Waals surface area contributed by atoms with Crippen LogP contribution in [0.5, 0.6) is 5.75 Å². The Hall–Kier alpha value is -1.22. The van der Waals surface area contributed by atoms with Crippen LogP contribution < -0.4 is 4.74 Å². The number of halogens is 3. The molecule has 2 rings (SSSR count). The van der Waals surface area contributed by atoms with Crippen LogP contribution in [0, 0.1) is 13.8 Å². The van der Waals surface area contributed by atoms with Crippen molar-refractivity contribution in [1.82, 2.24) is 0 Å². The topological polar surface area (TPSA) is 26.3 Å². The second-order valence-electron chi connectivity index (χ2n) is 4.43. The van der Waals surface area contributed by atoms with Crippen molar-refractivity contribution < 1.29 is 9.53 Å². The highest BCUT2D eigenvalue weighted by Gasteiger charge is 2.19. The number of benzene rings is 2. The van der Waals surface area contributed by atoms with Gasteiger partial charge in [-0.2, -0.15) is 0 Å². The summed E-state index contributed by atoms with van der Waals surface area (Å²) < 4.78 is 5.31. The summed E-state index contributed by atoms with van der Waals surface area (Å²) in [5.74, 6) is -0.188. The van der Waals surface area contributed by atoms with Crippen LogP contribution in [0.15, 0.2) is 30.3 Å². The number of carbonyl (C=O) groups is 1. The monoisotopic (exact) mass is 328 g/mol. The quantitative estimate of drug-likeness (QED) is 0.414. The van der Waals surface area contributed by atoms with Crippen LogP contribution in [0.4, 0.5) is 0 Å². The molecule has 2 nitrogen and oxygen atoms in total. The number of hydrogen-bond donors (Lipinski definition) is 0. The zero-order valence-electron chi connectivity index (χ0n) is 10.8. The Morgan fingerprint density at radius 1 is 0.950 bits per heavy atom. The van der Waals surface area contributed by atoms with Gasteiger partial charge in [-0.1, -0.05) is 40.9 Å². The molecule has 0 aliphatic heterocycles. The SMILES string of the molecule is Cc1cc(C)cc(OC(=O)c2c(Cl)ccc(Cl)c2Cl)c1. The summed E-state index contributed by atoms with van der Waals surface area (Å²) in [6, 6.07) is 8.54. The molecule has 0 atom stereocenters. The maximum atomic E-state index is 12.2. The van der Waals surface area contributed by atoms with Gasteiger partial charge >= 0.3 is 5.97 Å². The molecule has 104 valence electrons. The van der Waals surface area contributed by atoms with Gasteiger partial charge < -0.3 is 4.74 Å². The van der Waals surface area contributed by atoms with Gasteiger partial charge in [0.25, 0.3) is 0 Å². The van der Waals surface area contributed by atoms with Crippen molar-refractivity contribution in [2.24, 2.45) is 0 Å². The maximum Gasteiger partial charge on any atom is 0.346 e. The standard InChI is InChI=1S/C15H11Cl3O2/c1-8-5-9(2)7-10(6-8)20-15(19)13-11(16)3-4-12(17)14(13)18/h3-7H,1-2H3. The molecule has 0 bridgehead atoms. The smallest absolute Gasteiger partial charge is 0.346 e. The molecular formula is C15H11Cl3O2. The molecule has 0 amide bonds. The lowest BCUT2D eigenvalue weighted by molar-refractivity contribution is 0.0735. The summed E-state index contributed by atoms with van der Waals surface area (Å²) in [4.78, 5) is 12.2. The van der Waals surface area contributed by atoms with E-state index in [2.05, 4.69) is 0 Å². The first-order valence-electron chi connectivity index (χ1n) is 5.82. The fourth-order valence-corrected chi connectivity index (χ4v) is 2.55. The van der Waals surface area contributed by atoms with Gasteiger partial charge in [0, 0.05) is 0 Å². The Labute approximate surface area is 132 Å². The van der Waals surface area contributed by atoms with Gasteiger partial charge in [0.05, 0.1) is 20.6 Å². The highest BCUT2D eigenvalue weighted by molar-refractivity contribution is 6.46. The Morgan fingerprint density at radius 2 is 1.50 bits per heavy atom. The van der Waals surface area contributed by atoms with E-state index in [0.29, 0.717) is 5.75 Å². The summed E-state index contributed by atoms with van der Waals surface area (Å²) in [5.41, 5.74) is 2.06. The Balaban J connectivity index is 2.35. The van der Waals surface area contributed by atoms with Gasteiger partial charge in [-0.05, 0) is 49.2 Å². The Kier molecular flexibility index (Phi) is 4.59. The van der Waals surface area contributed by atoms with E-state index in [1.54, 1.807) is 12.1 Å². The molecule has 0 aliphatic carbocycles. The second kappa shape index (κ2) is 6.04. The van der Waals surface area contributed by atoms with Crippen LogP contribution in [0.3, 0.4) is 0 Å². The van der Waals surface area contributed by atoms with Crippen molar-refractivity contribution in [3.63, 3.8) is 0 Å². The largest absolute Gasteiger partial charge is 0.423 e. The number of ether oxygens (including phenoxy) is 1. The first-order chi connectivity index (χ1) is 9.38. The van der Waals surface area contributed by atoms with E-state index in [-0.39, 0.29) is 20.6 Å². The molecule has 0 saturated carbocycles. The summed E-state index contributed by atoms with van der Waals surface area (Å²) in [6.07, 6.45) is 0. The number of esters is 1. The fourth-order valence-electron chi connectivity index (χ4n) is 1.86. The van der Waals surface area contributed by atoms with Crippen LogP contribution in [-0.4, -0.2) is 5.97 Å². The van der Waals surface area contributed by atoms with Gasteiger partial charge in [-0.25, -0.2) is 4.79 Å². The zero-order chi connectivity index (χ0) is 14.9. The normalized spacial score (nSPS) is 10.4. The third kappa shape index (κ3) is 3.26. The van der Waals surface area contributed by atoms with Crippen LogP contribution in [-0.2, 0) is 0 Å². The van der Waals surface area contributed by atoms with E-state index >= 15 is 0 Å². The number of carbonyl (C=O) groups excluding carboxylic acids is 1. The van der Waals surface area contributed by atoms with E-state index in [4.69, 9.17) is 39.5 Å². The molecule has 0 fully saturated rings. The van der Waals surface area contributed by atoms with Crippen LogP contribution in [0.2, 0.25) is 15.1 Å². The predicted octanol–water partition coefficient (Wildman–Crippen LogP) is 5.48. The van der Waals surface area contributed by atoms with Crippen LogP contribution >= 0.6 is 34.8 Å². The molecule has 20 heavy (non-hydrogen) atoms. The minimum atomic E-state index is -0.632. The lowest BCUT2D eigenvalue weighted by Gasteiger charge is -2.09. The van der Waals surface area contributed by atoms with E-state index in [1.165, 1.54) is 12.1 Å². The minimum absolute atomic E-state index is 0.0694. The highest BCUT2D eigenvalue weighted by atomic mass is 35.5. The summed E-state index contributed by atoms with van der Waals surface area (Å²) in [7, 11) is 0. The predicted molar refractivity (Wildman–Crippen MR) is 82.3 cm³/mol. The molecule has 0 N–H and O–H groups in total. The molecule has 0 radical (unpaired) electrons. The fraction of sp³-hybridized carbons (Fsp3) is 0.133. The highest BCUT2D eigenvalue weighted by Crippen LogP contribution is 2.32. The molecule has 0 saturated heterocycles. The second-order valence-corrected chi connectivity index (χ2v) is 5.62. The number of aryl methyl sites for hydroxylation is 2. The first-order valence-corrected chi connectivity index (χ1v) is 6.96. The first kappa shape index (κ1) is 15.2. The lowest BCUT2D eigenvalue weighted by Crippen LogP contribution is -2.10. The van der Waals surface area contributed by atoms with E-state index in [0.717, 1.165) is 11.1 Å². The van der Waals surface area contributed by atoms with Gasteiger partial charge in [-0.15, -0.1) is 0 Å². The third-order valence-electron chi connectivity index (χ3n) is 2.65. The van der Waals surface area contributed by atoms with Crippen molar-refractivity contribution in [2.75, 3.05) is 0 Å². The average molecular weight is 330 g/mol. The zero-order valence-corrected chi connectivity index (χ0v) is 13.1. The Morgan fingerprint density at radius 3 is 2.10 bits per heavy atom. The minimum Gasteiger partial charge on any atom is -0.423 e. The molecule has 5 heteroatoms. The number of rotatable bonds is 2. The molecule has 0 aliphatic rings. The average Bonchev–Trinajstić information content (AvgIpc) is 2.33. The van der Waals surface area contributed by atoms with Crippen molar-refractivity contribution >= 4 is 40.8 Å².